The van der Waals surface area contributed by atoms with Crippen LogP contribution in [0.2, 0.25) is 0 Å². The zero-order valence-electron chi connectivity index (χ0n) is 16.6. The van der Waals surface area contributed by atoms with E-state index < -0.39 is 4.92 Å². The highest BCUT2D eigenvalue weighted by Gasteiger charge is 2.23. The summed E-state index contributed by atoms with van der Waals surface area (Å²) in [6, 6.07) is 16.0. The molecule has 0 aliphatic carbocycles. The van der Waals surface area contributed by atoms with Crippen molar-refractivity contribution >= 4 is 77.3 Å². The van der Waals surface area contributed by atoms with E-state index in [1.54, 1.807) is 18.3 Å². The van der Waals surface area contributed by atoms with Gasteiger partial charge in [-0.3, -0.25) is 14.9 Å². The molecule has 0 bridgehead atoms. The van der Waals surface area contributed by atoms with Gasteiger partial charge in [-0.15, -0.1) is 22.7 Å². The Morgan fingerprint density at radius 2 is 2.00 bits per heavy atom. The Morgan fingerprint density at radius 3 is 2.78 bits per heavy atom. The second-order valence-electron chi connectivity index (χ2n) is 6.93. The molecule has 0 N–H and O–H groups in total. The molecule has 10 heteroatoms. The van der Waals surface area contributed by atoms with E-state index in [0.717, 1.165) is 25.4 Å². The average molecular weight is 479 g/mol. The summed E-state index contributed by atoms with van der Waals surface area (Å²) in [6.07, 6.45) is 1.64. The Labute approximate surface area is 194 Å². The number of hydrogen-bond acceptors (Lipinski definition) is 8. The maximum atomic E-state index is 13.5. The highest BCUT2D eigenvalue weighted by Crippen LogP contribution is 2.34. The average Bonchev–Trinajstić information content (AvgIpc) is 3.52. The number of carbonyl (C=O) groups excluding carboxylic acids is 1. The molecule has 0 radical (unpaired) electrons. The van der Waals surface area contributed by atoms with Gasteiger partial charge in [-0.2, -0.15) is 10.1 Å². The molecule has 0 spiro atoms. The number of amides is 1. The molecule has 32 heavy (non-hydrogen) atoms. The Hall–Kier alpha value is -3.47. The molecular weight excluding hydrogens is 464 g/mol. The molecule has 0 aliphatic rings. The molecule has 1 amide bonds. The molecule has 2 aromatic carbocycles. The lowest BCUT2D eigenvalue weighted by atomic mass is 10.2. The number of hydrogen-bond donors (Lipinski definition) is 0. The van der Waals surface area contributed by atoms with E-state index in [9.17, 15) is 14.9 Å². The fourth-order valence-corrected chi connectivity index (χ4v) is 5.70. The van der Waals surface area contributed by atoms with Crippen molar-refractivity contribution in [2.45, 2.75) is 6.92 Å². The Bertz CT molecular complexity index is 1500. The van der Waals surface area contributed by atoms with Crippen molar-refractivity contribution in [2.75, 3.05) is 5.01 Å². The lowest BCUT2D eigenvalue weighted by Crippen LogP contribution is -2.24. The number of benzene rings is 2. The summed E-state index contributed by atoms with van der Waals surface area (Å²) in [5, 5.41) is 19.9. The minimum absolute atomic E-state index is 0.0107. The quantitative estimate of drug-likeness (QED) is 0.164. The van der Waals surface area contributed by atoms with E-state index in [2.05, 4.69) is 10.1 Å². The predicted molar refractivity (Wildman–Crippen MR) is 132 cm³/mol. The second-order valence-corrected chi connectivity index (χ2v) is 10.0. The number of anilines is 1. The van der Waals surface area contributed by atoms with E-state index in [1.807, 2.05) is 42.6 Å². The molecule has 7 nitrogen and oxygen atoms in total. The largest absolute Gasteiger partial charge is 0.290 e. The summed E-state index contributed by atoms with van der Waals surface area (Å²) in [5.74, 6) is -0.336. The molecule has 5 aromatic rings. The molecular formula is C22H14N4O3S3. The predicted octanol–water partition coefficient (Wildman–Crippen LogP) is 6.47. The number of thiophene rings is 2. The van der Waals surface area contributed by atoms with Crippen LogP contribution in [0.25, 0.3) is 20.3 Å². The Balaban J connectivity index is 1.57. The maximum absolute atomic E-state index is 13.5. The van der Waals surface area contributed by atoms with Gasteiger partial charge in [0.15, 0.2) is 0 Å². The monoisotopic (exact) mass is 478 g/mol. The van der Waals surface area contributed by atoms with Crippen LogP contribution in [-0.4, -0.2) is 22.0 Å². The highest BCUT2D eigenvalue weighted by molar-refractivity contribution is 7.23. The van der Waals surface area contributed by atoms with Crippen LogP contribution in [0.1, 0.15) is 20.1 Å². The molecule has 0 saturated heterocycles. The van der Waals surface area contributed by atoms with Crippen LogP contribution in [0.15, 0.2) is 65.1 Å². The fraction of sp³-hybridized carbons (Fsp3) is 0.0455. The van der Waals surface area contributed by atoms with Crippen LogP contribution in [0.3, 0.4) is 0 Å². The van der Waals surface area contributed by atoms with Gasteiger partial charge < -0.3 is 0 Å². The van der Waals surface area contributed by atoms with Crippen molar-refractivity contribution in [3.05, 3.63) is 85.4 Å². The summed E-state index contributed by atoms with van der Waals surface area (Å²) in [6.45, 7) is 2.01. The summed E-state index contributed by atoms with van der Waals surface area (Å²) in [7, 11) is 0. The zero-order chi connectivity index (χ0) is 22.2. The van der Waals surface area contributed by atoms with Gasteiger partial charge in [0, 0.05) is 27.1 Å². The molecule has 3 aromatic heterocycles. The second kappa shape index (κ2) is 8.23. The van der Waals surface area contributed by atoms with Crippen molar-refractivity contribution in [1.82, 2.24) is 4.98 Å². The molecule has 158 valence electrons. The van der Waals surface area contributed by atoms with Gasteiger partial charge in [0.25, 0.3) is 11.6 Å². The SMILES string of the molecule is Cc1ccc2nc(N(/N=C/c3cccs3)C(=O)c3cc4cc([N+](=O)[O-])ccc4s3)sc2c1. The highest BCUT2D eigenvalue weighted by atomic mass is 32.1. The minimum Gasteiger partial charge on any atom is -0.266 e. The lowest BCUT2D eigenvalue weighted by molar-refractivity contribution is -0.384. The van der Waals surface area contributed by atoms with E-state index in [-0.39, 0.29) is 11.6 Å². The minimum atomic E-state index is -0.445. The van der Waals surface area contributed by atoms with Crippen LogP contribution < -0.4 is 5.01 Å². The van der Waals surface area contributed by atoms with Gasteiger partial charge in [-0.1, -0.05) is 23.5 Å². The molecule has 0 aliphatic heterocycles. The van der Waals surface area contributed by atoms with Crippen molar-refractivity contribution < 1.29 is 9.72 Å². The Morgan fingerprint density at radius 1 is 1.12 bits per heavy atom. The molecule has 0 fully saturated rings. The van der Waals surface area contributed by atoms with Gasteiger partial charge in [-0.05, 0) is 48.2 Å². The van der Waals surface area contributed by atoms with Crippen molar-refractivity contribution in [3.8, 4) is 0 Å². The van der Waals surface area contributed by atoms with E-state index >= 15 is 0 Å². The number of thiazole rings is 1. The third-order valence-electron chi connectivity index (χ3n) is 4.67. The number of hydrazone groups is 1. The molecule has 0 saturated carbocycles. The summed E-state index contributed by atoms with van der Waals surface area (Å²) in [5.41, 5.74) is 1.90. The van der Waals surface area contributed by atoms with Crippen LogP contribution in [0.4, 0.5) is 10.8 Å². The Kier molecular flexibility index (Phi) is 5.25. The number of non-ortho nitro benzene ring substituents is 1. The normalized spacial score (nSPS) is 11.5. The standard InChI is InChI=1S/C22H14N4O3S3/c1-13-4-6-17-19(9-13)32-22(24-17)25(23-12-16-3-2-8-30-16)21(27)20-11-14-10-15(26(28)29)5-7-18(14)31-20/h2-12H,1H3/b23-12+. The van der Waals surface area contributed by atoms with Gasteiger partial charge in [-0.25, -0.2) is 4.98 Å². The third kappa shape index (κ3) is 3.91. The van der Waals surface area contributed by atoms with Crippen LogP contribution in [-0.2, 0) is 0 Å². The van der Waals surface area contributed by atoms with Crippen LogP contribution in [0.5, 0.6) is 0 Å². The number of rotatable bonds is 5. The van der Waals surface area contributed by atoms with E-state index in [1.165, 1.54) is 51.2 Å². The number of aromatic nitrogens is 1. The number of nitro groups is 1. The number of carbonyl (C=O) groups is 1. The molecule has 3 heterocycles. The van der Waals surface area contributed by atoms with Crippen molar-refractivity contribution in [2.24, 2.45) is 5.10 Å². The lowest BCUT2D eigenvalue weighted by Gasteiger charge is -2.12. The number of aryl methyl sites for hydroxylation is 1. The first-order chi connectivity index (χ1) is 15.5. The molecule has 0 atom stereocenters. The fourth-order valence-electron chi connectivity index (χ4n) is 3.13. The first-order valence-corrected chi connectivity index (χ1v) is 12.0. The molecule has 5 rings (SSSR count). The number of fused-ring (bicyclic) bond motifs is 2. The zero-order valence-corrected chi connectivity index (χ0v) is 19.0. The van der Waals surface area contributed by atoms with Crippen LogP contribution in [0, 0.1) is 17.0 Å². The summed E-state index contributed by atoms with van der Waals surface area (Å²) >= 11 is 4.18. The van der Waals surface area contributed by atoms with Gasteiger partial charge >= 0.3 is 0 Å². The smallest absolute Gasteiger partial charge is 0.266 e. The van der Waals surface area contributed by atoms with Crippen molar-refractivity contribution in [1.29, 1.82) is 0 Å². The first kappa shape index (κ1) is 20.4. The maximum Gasteiger partial charge on any atom is 0.290 e. The number of nitro benzene ring substituents is 1. The van der Waals surface area contributed by atoms with E-state index in [0.29, 0.717) is 15.4 Å². The van der Waals surface area contributed by atoms with Crippen molar-refractivity contribution in [3.63, 3.8) is 0 Å². The van der Waals surface area contributed by atoms with Gasteiger partial charge in [0.2, 0.25) is 5.13 Å². The van der Waals surface area contributed by atoms with E-state index in [4.69, 9.17) is 0 Å². The van der Waals surface area contributed by atoms with Crippen LogP contribution >= 0.6 is 34.0 Å². The summed E-state index contributed by atoms with van der Waals surface area (Å²) < 4.78 is 1.76. The molecule has 0 unspecified atom stereocenters. The summed E-state index contributed by atoms with van der Waals surface area (Å²) in [4.78, 5) is 30.1. The van der Waals surface area contributed by atoms with Gasteiger partial charge in [0.1, 0.15) is 0 Å². The number of nitrogens with zero attached hydrogens (tertiary/aromatic N) is 4. The topological polar surface area (TPSA) is 88.7 Å². The van der Waals surface area contributed by atoms with Gasteiger partial charge in [0.05, 0.1) is 26.2 Å². The first-order valence-electron chi connectivity index (χ1n) is 9.45. The third-order valence-corrected chi connectivity index (χ3v) is 7.58.